The third-order valence-electron chi connectivity index (χ3n) is 2.79. The Hall–Kier alpha value is -2.06. The van der Waals surface area contributed by atoms with Gasteiger partial charge in [-0.05, 0) is 35.8 Å². The van der Waals surface area contributed by atoms with Crippen LogP contribution in [0.2, 0.25) is 5.02 Å². The van der Waals surface area contributed by atoms with Crippen molar-refractivity contribution in [1.29, 1.82) is 0 Å². The van der Waals surface area contributed by atoms with Crippen LogP contribution < -0.4 is 0 Å². The van der Waals surface area contributed by atoms with E-state index in [9.17, 15) is 4.79 Å². The first-order valence-electron chi connectivity index (χ1n) is 5.84. The number of halogens is 1. The Morgan fingerprint density at radius 3 is 1.95 bits per heavy atom. The summed E-state index contributed by atoms with van der Waals surface area (Å²) in [4.78, 5) is 11.0. The molecule has 1 N–H and O–H groups in total. The molecule has 0 aliphatic heterocycles. The fraction of sp³-hybridized carbons (Fsp3) is 0.0625. The average molecular weight is 273 g/mol. The van der Waals surface area contributed by atoms with E-state index in [0.29, 0.717) is 10.6 Å². The van der Waals surface area contributed by atoms with E-state index in [4.69, 9.17) is 16.7 Å². The molecule has 0 unspecified atom stereocenters. The maximum atomic E-state index is 11.0. The van der Waals surface area contributed by atoms with Crippen LogP contribution in [0.25, 0.3) is 5.57 Å². The Morgan fingerprint density at radius 1 is 1.00 bits per heavy atom. The van der Waals surface area contributed by atoms with Gasteiger partial charge in [0.1, 0.15) is 0 Å². The van der Waals surface area contributed by atoms with Gasteiger partial charge in [-0.15, -0.1) is 0 Å². The summed E-state index contributed by atoms with van der Waals surface area (Å²) in [6.07, 6.45) is 1.22. The van der Waals surface area contributed by atoms with Crippen molar-refractivity contribution in [3.8, 4) is 0 Å². The van der Waals surface area contributed by atoms with Gasteiger partial charge < -0.3 is 5.11 Å². The second-order valence-electron chi connectivity index (χ2n) is 4.27. The van der Waals surface area contributed by atoms with E-state index in [-0.39, 0.29) is 0 Å². The van der Waals surface area contributed by atoms with Crippen LogP contribution in [0.3, 0.4) is 0 Å². The molecule has 96 valence electrons. The monoisotopic (exact) mass is 272 g/mol. The molecule has 2 rings (SSSR count). The smallest absolute Gasteiger partial charge is 0.328 e. The van der Waals surface area contributed by atoms with Crippen molar-refractivity contribution in [1.82, 2.24) is 0 Å². The van der Waals surface area contributed by atoms with Gasteiger partial charge in [-0.2, -0.15) is 0 Å². The van der Waals surface area contributed by atoms with E-state index >= 15 is 0 Å². The highest BCUT2D eigenvalue weighted by Crippen LogP contribution is 2.25. The Labute approximate surface area is 117 Å². The number of carbonyl (C=O) groups is 1. The third-order valence-corrected chi connectivity index (χ3v) is 3.04. The zero-order valence-corrected chi connectivity index (χ0v) is 11.2. The Morgan fingerprint density at radius 2 is 1.47 bits per heavy atom. The zero-order chi connectivity index (χ0) is 13.8. The van der Waals surface area contributed by atoms with Crippen LogP contribution in [0.15, 0.2) is 54.6 Å². The maximum absolute atomic E-state index is 11.0. The molecule has 0 aliphatic carbocycles. The largest absolute Gasteiger partial charge is 0.478 e. The number of aliphatic carboxylic acids is 1. The minimum absolute atomic E-state index is 0.627. The fourth-order valence-corrected chi connectivity index (χ4v) is 1.95. The van der Waals surface area contributed by atoms with E-state index in [1.165, 1.54) is 6.08 Å². The topological polar surface area (TPSA) is 37.3 Å². The second kappa shape index (κ2) is 5.72. The van der Waals surface area contributed by atoms with E-state index in [1.807, 2.05) is 43.3 Å². The molecule has 0 saturated carbocycles. The molecule has 0 bridgehead atoms. The number of carboxylic acids is 1. The number of hydrogen-bond donors (Lipinski definition) is 1. The molecule has 0 amide bonds. The molecule has 0 radical (unpaired) electrons. The highest BCUT2D eigenvalue weighted by molar-refractivity contribution is 6.30. The quantitative estimate of drug-likeness (QED) is 0.852. The second-order valence-corrected chi connectivity index (χ2v) is 4.71. The molecule has 0 saturated heterocycles. The van der Waals surface area contributed by atoms with Gasteiger partial charge in [-0.25, -0.2) is 4.79 Å². The van der Waals surface area contributed by atoms with Crippen LogP contribution in [-0.2, 0) is 4.79 Å². The van der Waals surface area contributed by atoms with Crippen LogP contribution >= 0.6 is 11.6 Å². The van der Waals surface area contributed by atoms with Gasteiger partial charge >= 0.3 is 5.97 Å². The number of aryl methyl sites for hydroxylation is 1. The van der Waals surface area contributed by atoms with Crippen LogP contribution in [0.4, 0.5) is 0 Å². The first-order valence-corrected chi connectivity index (χ1v) is 6.21. The molecular weight excluding hydrogens is 260 g/mol. The highest BCUT2D eigenvalue weighted by Gasteiger charge is 2.07. The molecule has 0 aromatic heterocycles. The van der Waals surface area contributed by atoms with Gasteiger partial charge in [0.05, 0.1) is 0 Å². The Kier molecular flexibility index (Phi) is 4.03. The summed E-state index contributed by atoms with van der Waals surface area (Å²) in [6.45, 7) is 1.99. The summed E-state index contributed by atoms with van der Waals surface area (Å²) in [5.41, 5.74) is 3.50. The van der Waals surface area contributed by atoms with E-state index in [0.717, 1.165) is 16.7 Å². The van der Waals surface area contributed by atoms with Gasteiger partial charge in [0.2, 0.25) is 0 Å². The molecule has 0 heterocycles. The lowest BCUT2D eigenvalue weighted by Gasteiger charge is -2.08. The van der Waals surface area contributed by atoms with Crippen molar-refractivity contribution < 1.29 is 9.90 Å². The third kappa shape index (κ3) is 3.46. The van der Waals surface area contributed by atoms with Gasteiger partial charge in [0.15, 0.2) is 0 Å². The van der Waals surface area contributed by atoms with E-state index < -0.39 is 5.97 Å². The fourth-order valence-electron chi connectivity index (χ4n) is 1.82. The molecule has 19 heavy (non-hydrogen) atoms. The minimum Gasteiger partial charge on any atom is -0.478 e. The maximum Gasteiger partial charge on any atom is 0.328 e. The van der Waals surface area contributed by atoms with Crippen molar-refractivity contribution in [2.75, 3.05) is 0 Å². The zero-order valence-electron chi connectivity index (χ0n) is 10.4. The van der Waals surface area contributed by atoms with E-state index in [2.05, 4.69) is 0 Å². The number of hydrogen-bond acceptors (Lipinski definition) is 1. The summed E-state index contributed by atoms with van der Waals surface area (Å²) < 4.78 is 0. The Balaban J connectivity index is 2.50. The molecular formula is C16H13ClO2. The average Bonchev–Trinajstić information content (AvgIpc) is 2.38. The molecule has 3 heteroatoms. The molecule has 0 aliphatic rings. The van der Waals surface area contributed by atoms with Crippen molar-refractivity contribution in [3.05, 3.63) is 76.3 Å². The highest BCUT2D eigenvalue weighted by atomic mass is 35.5. The molecule has 2 aromatic carbocycles. The SMILES string of the molecule is Cc1ccc(/C(=C/C(=O)O)c2ccc(Cl)cc2)cc1. The normalized spacial score (nSPS) is 11.4. The van der Waals surface area contributed by atoms with Crippen molar-refractivity contribution >= 4 is 23.1 Å². The van der Waals surface area contributed by atoms with Gasteiger partial charge in [0, 0.05) is 11.1 Å². The molecule has 0 spiro atoms. The predicted molar refractivity (Wildman–Crippen MR) is 77.3 cm³/mol. The van der Waals surface area contributed by atoms with Crippen molar-refractivity contribution in [3.63, 3.8) is 0 Å². The number of carboxylic acid groups (broad SMARTS) is 1. The van der Waals surface area contributed by atoms with Crippen LogP contribution in [0, 0.1) is 6.92 Å². The minimum atomic E-state index is -0.967. The predicted octanol–water partition coefficient (Wildman–Crippen LogP) is 4.16. The lowest BCUT2D eigenvalue weighted by molar-refractivity contribution is -0.131. The lowest BCUT2D eigenvalue weighted by Crippen LogP contribution is -1.94. The van der Waals surface area contributed by atoms with Crippen LogP contribution in [0.5, 0.6) is 0 Å². The van der Waals surface area contributed by atoms with Crippen LogP contribution in [0.1, 0.15) is 16.7 Å². The lowest BCUT2D eigenvalue weighted by atomic mass is 9.97. The first kappa shape index (κ1) is 13.4. The standard InChI is InChI=1S/C16H13ClO2/c1-11-2-4-12(5-3-11)15(10-16(18)19)13-6-8-14(17)9-7-13/h2-10H,1H3,(H,18,19)/b15-10-. The summed E-state index contributed by atoms with van der Waals surface area (Å²) >= 11 is 5.85. The van der Waals surface area contributed by atoms with Crippen LogP contribution in [-0.4, -0.2) is 11.1 Å². The van der Waals surface area contributed by atoms with Crippen molar-refractivity contribution in [2.24, 2.45) is 0 Å². The number of benzene rings is 2. The van der Waals surface area contributed by atoms with E-state index in [1.54, 1.807) is 12.1 Å². The summed E-state index contributed by atoms with van der Waals surface area (Å²) in [5.74, 6) is -0.967. The molecule has 2 nitrogen and oxygen atoms in total. The van der Waals surface area contributed by atoms with Gasteiger partial charge in [-0.3, -0.25) is 0 Å². The first-order chi connectivity index (χ1) is 9.06. The van der Waals surface area contributed by atoms with Crippen molar-refractivity contribution in [2.45, 2.75) is 6.92 Å². The summed E-state index contributed by atoms with van der Waals surface area (Å²) in [5, 5.41) is 9.64. The Bertz CT molecular complexity index is 563. The summed E-state index contributed by atoms with van der Waals surface area (Å²) in [7, 11) is 0. The van der Waals surface area contributed by atoms with Gasteiger partial charge in [0.25, 0.3) is 0 Å². The molecule has 2 aromatic rings. The molecule has 0 fully saturated rings. The molecule has 0 atom stereocenters. The van der Waals surface area contributed by atoms with Gasteiger partial charge in [-0.1, -0.05) is 53.6 Å². The summed E-state index contributed by atoms with van der Waals surface area (Å²) in [6, 6.07) is 14.9. The number of rotatable bonds is 3.